The molecule has 7 nitrogen and oxygen atoms in total. The summed E-state index contributed by atoms with van der Waals surface area (Å²) in [7, 11) is -3.23. The number of rotatable bonds is 7. The maximum Gasteiger partial charge on any atom is 0.225 e. The quantitative estimate of drug-likeness (QED) is 0.604. The van der Waals surface area contributed by atoms with Crippen LogP contribution in [-0.2, 0) is 16.4 Å². The summed E-state index contributed by atoms with van der Waals surface area (Å²) in [5, 5.41) is 4.12. The van der Waals surface area contributed by atoms with Crippen molar-refractivity contribution in [2.75, 3.05) is 36.4 Å². The van der Waals surface area contributed by atoms with Crippen molar-refractivity contribution in [3.05, 3.63) is 60.2 Å². The molecule has 0 saturated carbocycles. The third-order valence-electron chi connectivity index (χ3n) is 5.64. The highest BCUT2D eigenvalue weighted by atomic mass is 32.2. The number of fused-ring (bicyclic) bond motifs is 1. The fraction of sp³-hybridized carbons (Fsp3) is 0.364. The number of nitrogens with zero attached hydrogens (tertiary/aromatic N) is 3. The van der Waals surface area contributed by atoms with E-state index >= 15 is 0 Å². The van der Waals surface area contributed by atoms with E-state index in [4.69, 9.17) is 5.73 Å². The van der Waals surface area contributed by atoms with Gasteiger partial charge in [-0.05, 0) is 42.9 Å². The fourth-order valence-corrected chi connectivity index (χ4v) is 5.35. The number of nitrogens with one attached hydrogen (secondary N) is 1. The van der Waals surface area contributed by atoms with Crippen LogP contribution in [0.1, 0.15) is 18.4 Å². The van der Waals surface area contributed by atoms with Gasteiger partial charge in [0.15, 0.2) is 0 Å². The summed E-state index contributed by atoms with van der Waals surface area (Å²) in [5.41, 5.74) is 7.90. The highest BCUT2D eigenvalue weighted by molar-refractivity contribution is 7.89. The standard InChI is InChI=1S/C22H27N5O2S/c23-21-19-8-4-5-9-20(19)25-22(26-21)24-16-18-10-13-27(14-11-18)30(28,29)15-12-17-6-2-1-3-7-17/h1-9,18H,10-16H2,(H3,23,24,25,26). The Bertz CT molecular complexity index is 1100. The number of sulfonamides is 1. The molecule has 30 heavy (non-hydrogen) atoms. The summed E-state index contributed by atoms with van der Waals surface area (Å²) >= 11 is 0. The van der Waals surface area contributed by atoms with Gasteiger partial charge in [-0.15, -0.1) is 0 Å². The van der Waals surface area contributed by atoms with Crippen LogP contribution >= 0.6 is 0 Å². The first kappa shape index (κ1) is 20.6. The lowest BCUT2D eigenvalue weighted by molar-refractivity contribution is 0.282. The van der Waals surface area contributed by atoms with Crippen LogP contribution in [0.5, 0.6) is 0 Å². The zero-order chi connectivity index (χ0) is 21.0. The molecule has 1 aromatic heterocycles. The first-order chi connectivity index (χ1) is 14.5. The van der Waals surface area contributed by atoms with Crippen molar-refractivity contribution in [1.29, 1.82) is 0 Å². The Morgan fingerprint density at radius 3 is 2.47 bits per heavy atom. The lowest BCUT2D eigenvalue weighted by atomic mass is 9.98. The molecule has 2 heterocycles. The molecule has 1 saturated heterocycles. The summed E-state index contributed by atoms with van der Waals surface area (Å²) < 4.78 is 27.0. The monoisotopic (exact) mass is 425 g/mol. The molecule has 158 valence electrons. The van der Waals surface area contributed by atoms with Gasteiger partial charge in [0, 0.05) is 25.0 Å². The summed E-state index contributed by atoms with van der Waals surface area (Å²) in [6, 6.07) is 17.4. The largest absolute Gasteiger partial charge is 0.383 e. The number of piperidine rings is 1. The number of nitrogen functional groups attached to an aromatic ring is 1. The SMILES string of the molecule is Nc1nc(NCC2CCN(S(=O)(=O)CCc3ccccc3)CC2)nc2ccccc12. The van der Waals surface area contributed by atoms with E-state index in [2.05, 4.69) is 15.3 Å². The number of aryl methyl sites for hydroxylation is 1. The van der Waals surface area contributed by atoms with E-state index in [1.165, 1.54) is 0 Å². The highest BCUT2D eigenvalue weighted by Gasteiger charge is 2.27. The van der Waals surface area contributed by atoms with Crippen molar-refractivity contribution < 1.29 is 8.42 Å². The normalized spacial score (nSPS) is 16.0. The molecule has 2 aromatic carbocycles. The van der Waals surface area contributed by atoms with Gasteiger partial charge in [-0.3, -0.25) is 0 Å². The van der Waals surface area contributed by atoms with Gasteiger partial charge in [0.1, 0.15) is 5.82 Å². The van der Waals surface area contributed by atoms with E-state index in [1.54, 1.807) is 4.31 Å². The maximum absolute atomic E-state index is 12.7. The van der Waals surface area contributed by atoms with Gasteiger partial charge >= 0.3 is 0 Å². The van der Waals surface area contributed by atoms with Crippen molar-refractivity contribution >= 4 is 32.7 Å². The van der Waals surface area contributed by atoms with Gasteiger partial charge in [-0.25, -0.2) is 17.7 Å². The second-order valence-electron chi connectivity index (χ2n) is 7.72. The van der Waals surface area contributed by atoms with E-state index in [9.17, 15) is 8.42 Å². The van der Waals surface area contributed by atoms with E-state index in [1.807, 2.05) is 54.6 Å². The second kappa shape index (κ2) is 8.97. The van der Waals surface area contributed by atoms with Crippen LogP contribution in [0.4, 0.5) is 11.8 Å². The van der Waals surface area contributed by atoms with Crippen molar-refractivity contribution in [3.63, 3.8) is 0 Å². The van der Waals surface area contributed by atoms with Crippen molar-refractivity contribution in [1.82, 2.24) is 14.3 Å². The lowest BCUT2D eigenvalue weighted by Crippen LogP contribution is -2.41. The van der Waals surface area contributed by atoms with Crippen LogP contribution in [0.3, 0.4) is 0 Å². The first-order valence-corrected chi connectivity index (χ1v) is 11.9. The van der Waals surface area contributed by atoms with Gasteiger partial charge in [-0.2, -0.15) is 4.98 Å². The zero-order valence-corrected chi connectivity index (χ0v) is 17.7. The molecule has 3 N–H and O–H groups in total. The molecule has 3 aromatic rings. The highest BCUT2D eigenvalue weighted by Crippen LogP contribution is 2.22. The van der Waals surface area contributed by atoms with Crippen molar-refractivity contribution in [3.8, 4) is 0 Å². The van der Waals surface area contributed by atoms with E-state index in [-0.39, 0.29) is 5.75 Å². The number of anilines is 2. The predicted molar refractivity (Wildman–Crippen MR) is 121 cm³/mol. The molecule has 0 amide bonds. The van der Waals surface area contributed by atoms with Crippen LogP contribution in [0.2, 0.25) is 0 Å². The van der Waals surface area contributed by atoms with Crippen LogP contribution < -0.4 is 11.1 Å². The molecule has 0 spiro atoms. The molecular weight excluding hydrogens is 398 g/mol. The maximum atomic E-state index is 12.7. The van der Waals surface area contributed by atoms with Crippen molar-refractivity contribution in [2.45, 2.75) is 19.3 Å². The summed E-state index contributed by atoms with van der Waals surface area (Å²) in [5.74, 6) is 1.51. The van der Waals surface area contributed by atoms with Gasteiger partial charge in [0.2, 0.25) is 16.0 Å². The van der Waals surface area contributed by atoms with Gasteiger partial charge in [0.05, 0.1) is 11.3 Å². The van der Waals surface area contributed by atoms with E-state index in [0.717, 1.165) is 29.3 Å². The van der Waals surface area contributed by atoms with Crippen molar-refractivity contribution in [2.24, 2.45) is 5.92 Å². The number of para-hydroxylation sites is 1. The molecule has 0 unspecified atom stereocenters. The molecular formula is C22H27N5O2S. The van der Waals surface area contributed by atoms with Gasteiger partial charge in [0.25, 0.3) is 0 Å². The first-order valence-electron chi connectivity index (χ1n) is 10.3. The predicted octanol–water partition coefficient (Wildman–Crippen LogP) is 2.91. The Morgan fingerprint density at radius 1 is 1.00 bits per heavy atom. The molecule has 1 aliphatic rings. The minimum Gasteiger partial charge on any atom is -0.383 e. The smallest absolute Gasteiger partial charge is 0.225 e. The minimum atomic E-state index is -3.23. The molecule has 1 fully saturated rings. The second-order valence-corrected chi connectivity index (χ2v) is 9.81. The number of hydrogen-bond donors (Lipinski definition) is 2. The van der Waals surface area contributed by atoms with Crippen LogP contribution in [0, 0.1) is 5.92 Å². The Morgan fingerprint density at radius 2 is 1.70 bits per heavy atom. The number of aromatic nitrogens is 2. The summed E-state index contributed by atoms with van der Waals surface area (Å²) in [6.45, 7) is 1.82. The summed E-state index contributed by atoms with van der Waals surface area (Å²) in [6.07, 6.45) is 2.19. The average molecular weight is 426 g/mol. The molecule has 0 atom stereocenters. The molecule has 0 radical (unpaired) electrons. The van der Waals surface area contributed by atoms with Crippen LogP contribution in [-0.4, -0.2) is 48.1 Å². The topological polar surface area (TPSA) is 101 Å². The van der Waals surface area contributed by atoms with Crippen LogP contribution in [0.25, 0.3) is 10.9 Å². The Hall–Kier alpha value is -2.71. The fourth-order valence-electron chi connectivity index (χ4n) is 3.83. The third kappa shape index (κ3) is 4.88. The zero-order valence-electron chi connectivity index (χ0n) is 16.9. The van der Waals surface area contributed by atoms with Gasteiger partial charge in [-0.1, -0.05) is 42.5 Å². The molecule has 0 bridgehead atoms. The Labute approximate surface area is 177 Å². The summed E-state index contributed by atoms with van der Waals surface area (Å²) in [4.78, 5) is 8.86. The molecule has 0 aliphatic carbocycles. The molecule has 8 heteroatoms. The third-order valence-corrected chi connectivity index (χ3v) is 7.51. The lowest BCUT2D eigenvalue weighted by Gasteiger charge is -2.31. The number of hydrogen-bond acceptors (Lipinski definition) is 6. The van der Waals surface area contributed by atoms with E-state index in [0.29, 0.717) is 43.7 Å². The Balaban J connectivity index is 1.28. The van der Waals surface area contributed by atoms with Gasteiger partial charge < -0.3 is 11.1 Å². The number of benzene rings is 2. The Kier molecular flexibility index (Phi) is 6.15. The average Bonchev–Trinajstić information content (AvgIpc) is 2.77. The molecule has 1 aliphatic heterocycles. The number of nitrogens with two attached hydrogens (primary N) is 1. The minimum absolute atomic E-state index is 0.157. The molecule has 4 rings (SSSR count). The van der Waals surface area contributed by atoms with Crippen LogP contribution in [0.15, 0.2) is 54.6 Å². The van der Waals surface area contributed by atoms with E-state index < -0.39 is 10.0 Å².